The largest absolute Gasteiger partial charge is 0.338 e. The van der Waals surface area contributed by atoms with E-state index in [9.17, 15) is 4.79 Å². The minimum atomic E-state index is 0. The third-order valence-corrected chi connectivity index (χ3v) is 4.94. The molecule has 104 valence electrons. The first-order valence-electron chi connectivity index (χ1n) is 6.45. The quantitative estimate of drug-likeness (QED) is 0.747. The summed E-state index contributed by atoms with van der Waals surface area (Å²) in [6, 6.07) is 8.10. The van der Waals surface area contributed by atoms with Crippen molar-refractivity contribution in [2.75, 3.05) is 13.1 Å². The summed E-state index contributed by atoms with van der Waals surface area (Å²) in [5.74, 6) is 1.32. The second kappa shape index (κ2) is 5.97. The van der Waals surface area contributed by atoms with E-state index in [1.54, 1.807) is 0 Å². The van der Waals surface area contributed by atoms with Gasteiger partial charge < -0.3 is 10.6 Å². The standard InChI is InChI=1S/C14H17IN2O.ClH/c15-11-3-1-2-9(6-11)14(18)17-7-10-4-5-13(16)12(10)8-17;/h1-3,6,10,12-13H,4-5,7-8,16H2;1H. The van der Waals surface area contributed by atoms with Crippen molar-refractivity contribution in [1.82, 2.24) is 4.90 Å². The zero-order chi connectivity index (χ0) is 12.7. The minimum Gasteiger partial charge on any atom is -0.338 e. The van der Waals surface area contributed by atoms with Crippen molar-refractivity contribution in [2.24, 2.45) is 17.6 Å². The van der Waals surface area contributed by atoms with E-state index in [1.165, 1.54) is 6.42 Å². The second-order valence-corrected chi connectivity index (χ2v) is 6.63. The molecule has 0 bridgehead atoms. The van der Waals surface area contributed by atoms with Crippen LogP contribution in [0.3, 0.4) is 0 Å². The molecular formula is C14H18ClIN2O. The van der Waals surface area contributed by atoms with E-state index in [2.05, 4.69) is 22.6 Å². The van der Waals surface area contributed by atoms with E-state index < -0.39 is 0 Å². The van der Waals surface area contributed by atoms with Gasteiger partial charge in [-0.2, -0.15) is 0 Å². The van der Waals surface area contributed by atoms with Crippen LogP contribution in [0.2, 0.25) is 0 Å². The maximum absolute atomic E-state index is 12.4. The third kappa shape index (κ3) is 2.90. The first-order chi connectivity index (χ1) is 8.65. The number of nitrogens with zero attached hydrogens (tertiary/aromatic N) is 1. The van der Waals surface area contributed by atoms with Crippen LogP contribution in [0, 0.1) is 15.4 Å². The van der Waals surface area contributed by atoms with Gasteiger partial charge in [0.2, 0.25) is 0 Å². The monoisotopic (exact) mass is 392 g/mol. The van der Waals surface area contributed by atoms with Crippen molar-refractivity contribution in [3.63, 3.8) is 0 Å². The molecule has 3 nitrogen and oxygen atoms in total. The Bertz CT molecular complexity index is 482. The van der Waals surface area contributed by atoms with Gasteiger partial charge in [-0.05, 0) is 65.5 Å². The number of carbonyl (C=O) groups excluding carboxylic acids is 1. The number of hydrogen-bond donors (Lipinski definition) is 1. The smallest absolute Gasteiger partial charge is 0.253 e. The molecule has 2 N–H and O–H groups in total. The highest BCUT2D eigenvalue weighted by Gasteiger charge is 2.42. The molecule has 2 fully saturated rings. The van der Waals surface area contributed by atoms with Gasteiger partial charge in [-0.25, -0.2) is 0 Å². The predicted octanol–water partition coefficient (Wildman–Crippen LogP) is 2.52. The highest BCUT2D eigenvalue weighted by Crippen LogP contribution is 2.37. The molecule has 3 unspecified atom stereocenters. The summed E-state index contributed by atoms with van der Waals surface area (Å²) >= 11 is 2.24. The van der Waals surface area contributed by atoms with Crippen molar-refractivity contribution >= 4 is 40.9 Å². The van der Waals surface area contributed by atoms with Crippen molar-refractivity contribution in [3.05, 3.63) is 33.4 Å². The molecule has 0 aromatic heterocycles. The van der Waals surface area contributed by atoms with Crippen LogP contribution in [0.25, 0.3) is 0 Å². The summed E-state index contributed by atoms with van der Waals surface area (Å²) in [4.78, 5) is 14.4. The van der Waals surface area contributed by atoms with E-state index in [-0.39, 0.29) is 18.3 Å². The molecule has 1 heterocycles. The van der Waals surface area contributed by atoms with Gasteiger partial charge in [-0.1, -0.05) is 6.07 Å². The number of rotatable bonds is 1. The van der Waals surface area contributed by atoms with Crippen molar-refractivity contribution in [3.8, 4) is 0 Å². The lowest BCUT2D eigenvalue weighted by molar-refractivity contribution is 0.0779. The maximum Gasteiger partial charge on any atom is 0.253 e. The molecule has 3 rings (SSSR count). The van der Waals surface area contributed by atoms with Crippen molar-refractivity contribution < 1.29 is 4.79 Å². The number of halogens is 2. The Balaban J connectivity index is 0.00000133. The summed E-state index contributed by atoms with van der Waals surface area (Å²) in [5.41, 5.74) is 6.91. The molecule has 1 aliphatic heterocycles. The Morgan fingerprint density at radius 3 is 2.79 bits per heavy atom. The molecular weight excluding hydrogens is 375 g/mol. The Morgan fingerprint density at radius 1 is 1.32 bits per heavy atom. The van der Waals surface area contributed by atoms with E-state index in [4.69, 9.17) is 5.73 Å². The molecule has 1 saturated heterocycles. The lowest BCUT2D eigenvalue weighted by atomic mass is 9.98. The average molecular weight is 393 g/mol. The molecule has 1 aliphatic carbocycles. The molecule has 0 spiro atoms. The number of hydrogen-bond acceptors (Lipinski definition) is 2. The van der Waals surface area contributed by atoms with E-state index >= 15 is 0 Å². The third-order valence-electron chi connectivity index (χ3n) is 4.27. The van der Waals surface area contributed by atoms with Crippen LogP contribution in [0.4, 0.5) is 0 Å². The molecule has 2 aliphatic rings. The first-order valence-corrected chi connectivity index (χ1v) is 7.53. The Kier molecular flexibility index (Phi) is 4.74. The lowest BCUT2D eigenvalue weighted by Gasteiger charge is -2.18. The van der Waals surface area contributed by atoms with Crippen LogP contribution in [-0.4, -0.2) is 29.9 Å². The summed E-state index contributed by atoms with van der Waals surface area (Å²) < 4.78 is 1.11. The summed E-state index contributed by atoms with van der Waals surface area (Å²) in [6.45, 7) is 1.73. The number of fused-ring (bicyclic) bond motifs is 1. The van der Waals surface area contributed by atoms with E-state index in [0.717, 1.165) is 28.6 Å². The van der Waals surface area contributed by atoms with Gasteiger partial charge in [-0.3, -0.25) is 4.79 Å². The van der Waals surface area contributed by atoms with Crippen LogP contribution >= 0.6 is 35.0 Å². The molecule has 1 aromatic carbocycles. The van der Waals surface area contributed by atoms with Crippen LogP contribution < -0.4 is 5.73 Å². The van der Waals surface area contributed by atoms with E-state index in [0.29, 0.717) is 17.9 Å². The molecule has 1 aromatic rings. The molecule has 0 radical (unpaired) electrons. The van der Waals surface area contributed by atoms with Gasteiger partial charge in [-0.15, -0.1) is 12.4 Å². The van der Waals surface area contributed by atoms with Gasteiger partial charge in [0, 0.05) is 28.3 Å². The Morgan fingerprint density at radius 2 is 2.11 bits per heavy atom. The minimum absolute atomic E-state index is 0. The molecule has 3 atom stereocenters. The number of likely N-dealkylation sites (tertiary alicyclic amines) is 1. The second-order valence-electron chi connectivity index (χ2n) is 5.39. The van der Waals surface area contributed by atoms with Crippen molar-refractivity contribution in [1.29, 1.82) is 0 Å². The van der Waals surface area contributed by atoms with Gasteiger partial charge in [0.15, 0.2) is 0 Å². The first kappa shape index (κ1) is 15.1. The number of amides is 1. The fraction of sp³-hybridized carbons (Fsp3) is 0.500. The molecule has 19 heavy (non-hydrogen) atoms. The van der Waals surface area contributed by atoms with Crippen LogP contribution in [0.1, 0.15) is 23.2 Å². The Labute approximate surface area is 133 Å². The number of nitrogens with two attached hydrogens (primary N) is 1. The van der Waals surface area contributed by atoms with Gasteiger partial charge in [0.25, 0.3) is 5.91 Å². The molecule has 5 heteroatoms. The topological polar surface area (TPSA) is 46.3 Å². The maximum atomic E-state index is 12.4. The summed E-state index contributed by atoms with van der Waals surface area (Å²) in [6.07, 6.45) is 2.31. The van der Waals surface area contributed by atoms with Gasteiger partial charge in [0.05, 0.1) is 0 Å². The normalized spacial score (nSPS) is 28.9. The summed E-state index contributed by atoms with van der Waals surface area (Å²) in [7, 11) is 0. The lowest BCUT2D eigenvalue weighted by Crippen LogP contribution is -2.33. The molecule has 1 amide bonds. The highest BCUT2D eigenvalue weighted by molar-refractivity contribution is 14.1. The SMILES string of the molecule is Cl.NC1CCC2CN(C(=O)c3cccc(I)c3)CC12. The highest BCUT2D eigenvalue weighted by atomic mass is 127. The number of benzene rings is 1. The fourth-order valence-electron chi connectivity index (χ4n) is 3.28. The zero-order valence-corrected chi connectivity index (χ0v) is 13.6. The van der Waals surface area contributed by atoms with Crippen LogP contribution in [-0.2, 0) is 0 Å². The van der Waals surface area contributed by atoms with Gasteiger partial charge in [0.1, 0.15) is 0 Å². The Hall–Kier alpha value is -0.330. The van der Waals surface area contributed by atoms with Crippen molar-refractivity contribution in [2.45, 2.75) is 18.9 Å². The zero-order valence-electron chi connectivity index (χ0n) is 10.6. The number of carbonyl (C=O) groups is 1. The summed E-state index contributed by atoms with van der Waals surface area (Å²) in [5, 5.41) is 0. The fourth-order valence-corrected chi connectivity index (χ4v) is 3.82. The van der Waals surface area contributed by atoms with Gasteiger partial charge >= 0.3 is 0 Å². The predicted molar refractivity (Wildman–Crippen MR) is 86.5 cm³/mol. The molecule has 1 saturated carbocycles. The van der Waals surface area contributed by atoms with Crippen LogP contribution in [0.15, 0.2) is 24.3 Å². The van der Waals surface area contributed by atoms with Crippen LogP contribution in [0.5, 0.6) is 0 Å². The average Bonchev–Trinajstić information content (AvgIpc) is 2.91. The van der Waals surface area contributed by atoms with E-state index in [1.807, 2.05) is 29.2 Å².